The van der Waals surface area contributed by atoms with E-state index in [1.165, 1.54) is 57.8 Å². The van der Waals surface area contributed by atoms with Crippen molar-refractivity contribution >= 4 is 0 Å². The van der Waals surface area contributed by atoms with E-state index in [9.17, 15) is 0 Å². The van der Waals surface area contributed by atoms with E-state index in [0.717, 1.165) is 12.8 Å². The SMILES string of the molecule is [CH2]CCCCCCCCCCC=CCC=C. The molecule has 0 heteroatoms. The Kier molecular flexibility index (Phi) is 14.0. The van der Waals surface area contributed by atoms with Gasteiger partial charge in [0.15, 0.2) is 0 Å². The van der Waals surface area contributed by atoms with Gasteiger partial charge in [0.05, 0.1) is 0 Å². The van der Waals surface area contributed by atoms with E-state index in [4.69, 9.17) is 0 Å². The maximum absolute atomic E-state index is 3.86. The van der Waals surface area contributed by atoms with Gasteiger partial charge in [-0.1, -0.05) is 76.5 Å². The van der Waals surface area contributed by atoms with Gasteiger partial charge in [0.2, 0.25) is 0 Å². The summed E-state index contributed by atoms with van der Waals surface area (Å²) in [7, 11) is 0. The minimum atomic E-state index is 1.02. The topological polar surface area (TPSA) is 0 Å². The lowest BCUT2D eigenvalue weighted by Crippen LogP contribution is -1.80. The summed E-state index contributed by atoms with van der Waals surface area (Å²) >= 11 is 0. The van der Waals surface area contributed by atoms with Gasteiger partial charge in [0.25, 0.3) is 0 Å². The van der Waals surface area contributed by atoms with Gasteiger partial charge >= 0.3 is 0 Å². The van der Waals surface area contributed by atoms with Gasteiger partial charge in [-0.05, 0) is 19.3 Å². The molecule has 93 valence electrons. The third kappa shape index (κ3) is 13.5. The molecule has 16 heavy (non-hydrogen) atoms. The third-order valence-electron chi connectivity index (χ3n) is 2.84. The van der Waals surface area contributed by atoms with Crippen LogP contribution >= 0.6 is 0 Å². The zero-order valence-corrected chi connectivity index (χ0v) is 10.9. The normalized spacial score (nSPS) is 11.1. The molecule has 0 aromatic rings. The fourth-order valence-electron chi connectivity index (χ4n) is 1.81. The van der Waals surface area contributed by atoms with Gasteiger partial charge in [-0.2, -0.15) is 0 Å². The summed E-state index contributed by atoms with van der Waals surface area (Å²) in [6.07, 6.45) is 20.9. The highest BCUT2D eigenvalue weighted by Crippen LogP contribution is 2.10. The van der Waals surface area contributed by atoms with E-state index in [1.807, 2.05) is 6.08 Å². The Balaban J connectivity index is 2.95. The molecule has 0 N–H and O–H groups in total. The van der Waals surface area contributed by atoms with E-state index >= 15 is 0 Å². The van der Waals surface area contributed by atoms with Gasteiger partial charge in [-0.25, -0.2) is 0 Å². The Morgan fingerprint density at radius 2 is 1.25 bits per heavy atom. The number of unbranched alkanes of at least 4 members (excludes halogenated alkanes) is 9. The fraction of sp³-hybridized carbons (Fsp3) is 0.688. The third-order valence-corrected chi connectivity index (χ3v) is 2.84. The summed E-state index contributed by atoms with van der Waals surface area (Å²) in [4.78, 5) is 0. The van der Waals surface area contributed by atoms with Crippen LogP contribution in [0.3, 0.4) is 0 Å². The first kappa shape index (κ1) is 15.5. The Bertz CT molecular complexity index is 155. The highest BCUT2D eigenvalue weighted by atomic mass is 14.0. The van der Waals surface area contributed by atoms with Crippen molar-refractivity contribution < 1.29 is 0 Å². The molecule has 0 fully saturated rings. The summed E-state index contributed by atoms with van der Waals surface area (Å²) in [5.41, 5.74) is 0. The second-order valence-corrected chi connectivity index (χ2v) is 4.47. The summed E-state index contributed by atoms with van der Waals surface area (Å²) in [5, 5.41) is 0. The highest BCUT2D eigenvalue weighted by molar-refractivity contribution is 4.87. The molecule has 0 saturated carbocycles. The smallest absolute Gasteiger partial charge is 0.0172 e. The molecule has 0 bridgehead atoms. The van der Waals surface area contributed by atoms with E-state index in [1.54, 1.807) is 0 Å². The predicted molar refractivity (Wildman–Crippen MR) is 75.5 cm³/mol. The van der Waals surface area contributed by atoms with Gasteiger partial charge in [0.1, 0.15) is 0 Å². The molecule has 0 spiro atoms. The van der Waals surface area contributed by atoms with Crippen LogP contribution in [0.25, 0.3) is 0 Å². The Hall–Kier alpha value is -0.520. The summed E-state index contributed by atoms with van der Waals surface area (Å²) in [6.45, 7) is 7.56. The summed E-state index contributed by atoms with van der Waals surface area (Å²) < 4.78 is 0. The second-order valence-electron chi connectivity index (χ2n) is 4.47. The predicted octanol–water partition coefficient (Wildman–Crippen LogP) is 5.85. The summed E-state index contributed by atoms with van der Waals surface area (Å²) in [5.74, 6) is 0. The van der Waals surface area contributed by atoms with Gasteiger partial charge in [-0.3, -0.25) is 0 Å². The van der Waals surface area contributed by atoms with Crippen molar-refractivity contribution in [3.8, 4) is 0 Å². The van der Waals surface area contributed by atoms with Crippen LogP contribution < -0.4 is 0 Å². The zero-order chi connectivity index (χ0) is 11.9. The first-order chi connectivity index (χ1) is 7.91. The van der Waals surface area contributed by atoms with Crippen LogP contribution in [0, 0.1) is 6.92 Å². The first-order valence-corrected chi connectivity index (χ1v) is 6.97. The molecule has 0 aliphatic rings. The van der Waals surface area contributed by atoms with Crippen molar-refractivity contribution in [1.29, 1.82) is 0 Å². The molecular formula is C16H29. The van der Waals surface area contributed by atoms with E-state index < -0.39 is 0 Å². The monoisotopic (exact) mass is 221 g/mol. The Labute approximate surface area is 103 Å². The maximum atomic E-state index is 3.86. The van der Waals surface area contributed by atoms with Crippen LogP contribution in [-0.2, 0) is 0 Å². The summed E-state index contributed by atoms with van der Waals surface area (Å²) in [6, 6.07) is 0. The molecule has 0 amide bonds. The van der Waals surface area contributed by atoms with Crippen molar-refractivity contribution in [2.75, 3.05) is 0 Å². The molecule has 0 heterocycles. The van der Waals surface area contributed by atoms with Crippen LogP contribution in [0.4, 0.5) is 0 Å². The van der Waals surface area contributed by atoms with Gasteiger partial charge < -0.3 is 0 Å². The largest absolute Gasteiger partial charge is 0.103 e. The van der Waals surface area contributed by atoms with Crippen molar-refractivity contribution in [2.24, 2.45) is 0 Å². The molecule has 0 nitrogen and oxygen atoms in total. The highest BCUT2D eigenvalue weighted by Gasteiger charge is 1.90. The minimum Gasteiger partial charge on any atom is -0.103 e. The minimum absolute atomic E-state index is 1.02. The molecule has 0 unspecified atom stereocenters. The average molecular weight is 221 g/mol. The van der Waals surface area contributed by atoms with Crippen molar-refractivity contribution in [2.45, 2.75) is 70.6 Å². The Morgan fingerprint density at radius 3 is 1.81 bits per heavy atom. The number of hydrogen-bond acceptors (Lipinski definition) is 0. The lowest BCUT2D eigenvalue weighted by molar-refractivity contribution is 0.571. The van der Waals surface area contributed by atoms with Crippen molar-refractivity contribution in [1.82, 2.24) is 0 Å². The van der Waals surface area contributed by atoms with Crippen LogP contribution in [-0.4, -0.2) is 0 Å². The number of rotatable bonds is 12. The number of hydrogen-bond donors (Lipinski definition) is 0. The van der Waals surface area contributed by atoms with Crippen molar-refractivity contribution in [3.05, 3.63) is 31.7 Å². The molecule has 1 radical (unpaired) electrons. The second kappa shape index (κ2) is 14.5. The molecule has 0 aliphatic heterocycles. The molecule has 0 aliphatic carbocycles. The molecule has 0 aromatic carbocycles. The molecular weight excluding hydrogens is 192 g/mol. The molecule has 0 rings (SSSR count). The van der Waals surface area contributed by atoms with E-state index in [2.05, 4.69) is 25.7 Å². The van der Waals surface area contributed by atoms with Crippen LogP contribution in [0.1, 0.15) is 70.6 Å². The van der Waals surface area contributed by atoms with Crippen molar-refractivity contribution in [3.63, 3.8) is 0 Å². The Morgan fingerprint density at radius 1 is 0.688 bits per heavy atom. The quantitative estimate of drug-likeness (QED) is 0.286. The lowest BCUT2D eigenvalue weighted by Gasteiger charge is -2.00. The van der Waals surface area contributed by atoms with Gasteiger partial charge in [0, 0.05) is 0 Å². The van der Waals surface area contributed by atoms with Crippen LogP contribution in [0.2, 0.25) is 0 Å². The fourth-order valence-corrected chi connectivity index (χ4v) is 1.81. The van der Waals surface area contributed by atoms with E-state index in [-0.39, 0.29) is 0 Å². The van der Waals surface area contributed by atoms with Gasteiger partial charge in [-0.15, -0.1) is 6.58 Å². The van der Waals surface area contributed by atoms with Crippen LogP contribution in [0.5, 0.6) is 0 Å². The zero-order valence-electron chi connectivity index (χ0n) is 10.9. The molecule has 0 aromatic heterocycles. The number of allylic oxidation sites excluding steroid dienone is 3. The van der Waals surface area contributed by atoms with E-state index in [0.29, 0.717) is 0 Å². The lowest BCUT2D eigenvalue weighted by atomic mass is 10.1. The van der Waals surface area contributed by atoms with Crippen LogP contribution in [0.15, 0.2) is 24.8 Å². The molecule has 0 saturated heterocycles. The standard InChI is InChI=1S/C16H29/c1-3-5-7-9-11-13-15-16-14-12-10-8-6-4-2/h3,7,9H,1-2,4-6,8,10-16H2. The maximum Gasteiger partial charge on any atom is -0.0172 e. The first-order valence-electron chi connectivity index (χ1n) is 6.97. The molecule has 0 atom stereocenters. The average Bonchev–Trinajstić information content (AvgIpc) is 2.31.